The van der Waals surface area contributed by atoms with E-state index in [0.717, 1.165) is 12.8 Å². The number of carbonyl (C=O) groups excluding carboxylic acids is 1. The van der Waals surface area contributed by atoms with Crippen LogP contribution in [0.1, 0.15) is 26.2 Å². The number of rotatable bonds is 5. The maximum absolute atomic E-state index is 11.8. The van der Waals surface area contributed by atoms with Gasteiger partial charge in [0.05, 0.1) is 5.92 Å². The predicted octanol–water partition coefficient (Wildman–Crippen LogP) is 0.511. The summed E-state index contributed by atoms with van der Waals surface area (Å²) in [7, 11) is 0. The number of nitrogens with zero attached hydrogens (tertiary/aromatic N) is 1. The van der Waals surface area contributed by atoms with E-state index in [1.54, 1.807) is 11.8 Å². The molecule has 104 valence electrons. The van der Waals surface area contributed by atoms with E-state index >= 15 is 0 Å². The van der Waals surface area contributed by atoms with Crippen LogP contribution in [0.3, 0.4) is 0 Å². The summed E-state index contributed by atoms with van der Waals surface area (Å²) in [5.41, 5.74) is 0. The lowest BCUT2D eigenvalue weighted by molar-refractivity contribution is -0.141. The average molecular weight is 258 g/mol. The second-order valence-corrected chi connectivity index (χ2v) is 4.77. The van der Waals surface area contributed by atoms with Gasteiger partial charge >= 0.3 is 12.0 Å². The summed E-state index contributed by atoms with van der Waals surface area (Å²) in [6, 6.07) is -0.229. The Kier molecular flexibility index (Phi) is 5.91. The second-order valence-electron chi connectivity index (χ2n) is 4.77. The maximum Gasteiger partial charge on any atom is 0.317 e. The molecule has 0 aliphatic carbocycles. The van der Waals surface area contributed by atoms with Gasteiger partial charge in [0.15, 0.2) is 0 Å². The van der Waals surface area contributed by atoms with Crippen molar-refractivity contribution >= 4 is 12.0 Å². The molecule has 1 aliphatic heterocycles. The van der Waals surface area contributed by atoms with Gasteiger partial charge in [0.2, 0.25) is 0 Å². The number of carbonyl (C=O) groups is 2. The third-order valence-corrected chi connectivity index (χ3v) is 3.41. The van der Waals surface area contributed by atoms with Crippen LogP contribution in [0.2, 0.25) is 0 Å². The number of aliphatic carboxylic acids is 1. The number of hydrogen-bond acceptors (Lipinski definition) is 3. The third kappa shape index (κ3) is 4.18. The van der Waals surface area contributed by atoms with E-state index in [9.17, 15) is 9.59 Å². The van der Waals surface area contributed by atoms with Gasteiger partial charge in [-0.25, -0.2) is 4.79 Å². The molecule has 1 saturated heterocycles. The van der Waals surface area contributed by atoms with Crippen molar-refractivity contribution in [1.82, 2.24) is 10.2 Å². The fourth-order valence-corrected chi connectivity index (χ4v) is 2.13. The molecule has 0 spiro atoms. The number of amides is 2. The largest absolute Gasteiger partial charge is 0.481 e. The highest BCUT2D eigenvalue weighted by atomic mass is 16.4. The lowest BCUT2D eigenvalue weighted by atomic mass is 9.99. The molecule has 2 atom stereocenters. The van der Waals surface area contributed by atoms with Crippen LogP contribution in [0.4, 0.5) is 4.79 Å². The number of likely N-dealkylation sites (tertiary alicyclic amines) is 1. The maximum atomic E-state index is 11.8. The Balaban J connectivity index is 2.38. The van der Waals surface area contributed by atoms with E-state index in [4.69, 9.17) is 10.2 Å². The molecule has 0 bridgehead atoms. The van der Waals surface area contributed by atoms with Crippen LogP contribution < -0.4 is 5.32 Å². The first-order chi connectivity index (χ1) is 8.58. The van der Waals surface area contributed by atoms with Crippen molar-refractivity contribution in [2.45, 2.75) is 26.2 Å². The summed E-state index contributed by atoms with van der Waals surface area (Å²) in [4.78, 5) is 24.3. The Morgan fingerprint density at radius 1 is 1.50 bits per heavy atom. The van der Waals surface area contributed by atoms with Gasteiger partial charge in [0.25, 0.3) is 0 Å². The Hall–Kier alpha value is -1.30. The summed E-state index contributed by atoms with van der Waals surface area (Å²) in [5.74, 6) is -1.27. The van der Waals surface area contributed by atoms with Crippen molar-refractivity contribution in [3.63, 3.8) is 0 Å². The quantitative estimate of drug-likeness (QED) is 0.670. The Morgan fingerprint density at radius 3 is 2.78 bits per heavy atom. The first kappa shape index (κ1) is 14.8. The molecule has 18 heavy (non-hydrogen) atoms. The highest BCUT2D eigenvalue weighted by Gasteiger charge is 2.24. The molecule has 1 fully saturated rings. The van der Waals surface area contributed by atoms with Gasteiger partial charge in [0, 0.05) is 26.2 Å². The number of piperidine rings is 1. The Bertz CT molecular complexity index is 296. The number of carboxylic acids is 1. The van der Waals surface area contributed by atoms with Crippen molar-refractivity contribution < 1.29 is 19.8 Å². The number of carboxylic acid groups (broad SMARTS) is 1. The summed E-state index contributed by atoms with van der Waals surface area (Å²) in [5, 5.41) is 20.6. The number of aliphatic hydroxyl groups is 1. The molecule has 2 unspecified atom stereocenters. The van der Waals surface area contributed by atoms with Gasteiger partial charge < -0.3 is 20.4 Å². The van der Waals surface area contributed by atoms with Crippen molar-refractivity contribution in [2.24, 2.45) is 11.8 Å². The van der Waals surface area contributed by atoms with E-state index in [2.05, 4.69) is 5.32 Å². The minimum absolute atomic E-state index is 0.0937. The first-order valence-corrected chi connectivity index (χ1v) is 6.44. The lowest BCUT2D eigenvalue weighted by Crippen LogP contribution is -2.47. The van der Waals surface area contributed by atoms with Crippen LogP contribution in [0.25, 0.3) is 0 Å². The molecule has 0 aromatic rings. The van der Waals surface area contributed by atoms with E-state index in [0.29, 0.717) is 19.5 Å². The standard InChI is InChI=1S/C12H22N2O4/c1-2-10(11(16)17)6-13-12(18)14-5-3-4-9(7-14)8-15/h9-10,15H,2-8H2,1H3,(H,13,18)(H,16,17). The summed E-state index contributed by atoms with van der Waals surface area (Å²) < 4.78 is 0. The average Bonchev–Trinajstić information content (AvgIpc) is 2.38. The molecule has 6 heteroatoms. The van der Waals surface area contributed by atoms with E-state index in [1.807, 2.05) is 0 Å². The van der Waals surface area contributed by atoms with Gasteiger partial charge in [0.1, 0.15) is 0 Å². The van der Waals surface area contributed by atoms with Gasteiger partial charge in [-0.3, -0.25) is 4.79 Å². The molecular weight excluding hydrogens is 236 g/mol. The first-order valence-electron chi connectivity index (χ1n) is 6.44. The number of nitrogens with one attached hydrogen (secondary N) is 1. The van der Waals surface area contributed by atoms with Gasteiger partial charge in [-0.05, 0) is 25.2 Å². The minimum Gasteiger partial charge on any atom is -0.481 e. The zero-order valence-corrected chi connectivity index (χ0v) is 10.8. The van der Waals surface area contributed by atoms with Crippen molar-refractivity contribution in [3.8, 4) is 0 Å². The third-order valence-electron chi connectivity index (χ3n) is 3.41. The number of urea groups is 1. The number of aliphatic hydroxyl groups excluding tert-OH is 1. The molecule has 0 radical (unpaired) electrons. The Labute approximate surface area is 107 Å². The summed E-state index contributed by atoms with van der Waals surface area (Å²) in [6.07, 6.45) is 2.32. The van der Waals surface area contributed by atoms with Crippen LogP contribution in [-0.4, -0.2) is 53.4 Å². The zero-order valence-electron chi connectivity index (χ0n) is 10.8. The normalized spacial score (nSPS) is 21.4. The second kappa shape index (κ2) is 7.20. The van der Waals surface area contributed by atoms with Crippen LogP contribution in [0.15, 0.2) is 0 Å². The summed E-state index contributed by atoms with van der Waals surface area (Å²) >= 11 is 0. The van der Waals surface area contributed by atoms with E-state index in [-0.39, 0.29) is 25.1 Å². The molecule has 0 aromatic carbocycles. The SMILES string of the molecule is CCC(CNC(=O)N1CCCC(CO)C1)C(=O)O. The predicted molar refractivity (Wildman–Crippen MR) is 66.2 cm³/mol. The molecule has 3 N–H and O–H groups in total. The molecule has 0 aromatic heterocycles. The smallest absolute Gasteiger partial charge is 0.317 e. The van der Waals surface area contributed by atoms with Gasteiger partial charge in [-0.2, -0.15) is 0 Å². The van der Waals surface area contributed by atoms with Crippen molar-refractivity contribution in [1.29, 1.82) is 0 Å². The minimum atomic E-state index is -0.885. The van der Waals surface area contributed by atoms with Crippen LogP contribution in [-0.2, 0) is 4.79 Å². The van der Waals surface area contributed by atoms with Crippen molar-refractivity contribution in [2.75, 3.05) is 26.2 Å². The molecule has 6 nitrogen and oxygen atoms in total. The lowest BCUT2D eigenvalue weighted by Gasteiger charge is -2.32. The molecule has 1 rings (SSSR count). The monoisotopic (exact) mass is 258 g/mol. The number of hydrogen-bond donors (Lipinski definition) is 3. The van der Waals surface area contributed by atoms with Crippen molar-refractivity contribution in [3.05, 3.63) is 0 Å². The molecule has 1 heterocycles. The van der Waals surface area contributed by atoms with Crippen LogP contribution in [0, 0.1) is 11.8 Å². The molecule has 1 aliphatic rings. The summed E-state index contributed by atoms with van der Waals surface area (Å²) in [6.45, 7) is 3.26. The molecule has 0 saturated carbocycles. The van der Waals surface area contributed by atoms with E-state index < -0.39 is 11.9 Å². The fourth-order valence-electron chi connectivity index (χ4n) is 2.13. The topological polar surface area (TPSA) is 89.9 Å². The molecular formula is C12H22N2O4. The highest BCUT2D eigenvalue weighted by molar-refractivity contribution is 5.76. The van der Waals surface area contributed by atoms with E-state index in [1.165, 1.54) is 0 Å². The van der Waals surface area contributed by atoms with Crippen LogP contribution in [0.5, 0.6) is 0 Å². The Morgan fingerprint density at radius 2 is 2.22 bits per heavy atom. The molecule has 2 amide bonds. The van der Waals surface area contributed by atoms with Gasteiger partial charge in [-0.1, -0.05) is 6.92 Å². The fraction of sp³-hybridized carbons (Fsp3) is 0.833. The van der Waals surface area contributed by atoms with Gasteiger partial charge in [-0.15, -0.1) is 0 Å². The zero-order chi connectivity index (χ0) is 13.5. The highest BCUT2D eigenvalue weighted by Crippen LogP contribution is 2.15. The van der Waals surface area contributed by atoms with Crippen LogP contribution >= 0.6 is 0 Å².